The van der Waals surface area contributed by atoms with Gasteiger partial charge in [-0.05, 0) is 24.3 Å². The van der Waals surface area contributed by atoms with E-state index in [9.17, 15) is 0 Å². The van der Waals surface area contributed by atoms with Crippen LogP contribution in [0.25, 0.3) is 0 Å². The van der Waals surface area contributed by atoms with Gasteiger partial charge < -0.3 is 10.5 Å². The van der Waals surface area contributed by atoms with Crippen molar-refractivity contribution in [3.63, 3.8) is 0 Å². The van der Waals surface area contributed by atoms with Crippen LogP contribution in [-0.4, -0.2) is 12.9 Å². The summed E-state index contributed by atoms with van der Waals surface area (Å²) >= 11 is 0. The second-order valence-electron chi connectivity index (χ2n) is 3.53. The number of methoxy groups -OCH3 is 1. The molecule has 0 atom stereocenters. The number of para-hydroxylation sites is 2. The standard InChI is InChI=1S/C14H14N2O.ClH/c1-17-13-10-6-5-9-12(13)14(15)16-11-7-3-2-4-8-11;/h2-10H,1H3,(H2,15,16);1H. The van der Waals surface area contributed by atoms with Gasteiger partial charge in [0.2, 0.25) is 0 Å². The Balaban J connectivity index is 0.00000162. The van der Waals surface area contributed by atoms with Gasteiger partial charge in [0.25, 0.3) is 0 Å². The van der Waals surface area contributed by atoms with Gasteiger partial charge in [-0.25, -0.2) is 4.99 Å². The molecule has 2 aromatic carbocycles. The molecule has 2 N–H and O–H groups in total. The van der Waals surface area contributed by atoms with Crippen molar-refractivity contribution in [3.05, 3.63) is 60.2 Å². The molecule has 4 heteroatoms. The average Bonchev–Trinajstić information content (AvgIpc) is 2.40. The zero-order chi connectivity index (χ0) is 12.1. The lowest BCUT2D eigenvalue weighted by atomic mass is 10.2. The lowest BCUT2D eigenvalue weighted by Crippen LogP contribution is -2.13. The van der Waals surface area contributed by atoms with Crippen LogP contribution in [0.5, 0.6) is 5.75 Å². The number of halogens is 1. The largest absolute Gasteiger partial charge is 0.496 e. The number of amidine groups is 1. The molecule has 0 radical (unpaired) electrons. The highest BCUT2D eigenvalue weighted by molar-refractivity contribution is 6.01. The summed E-state index contributed by atoms with van der Waals surface area (Å²) in [4.78, 5) is 4.35. The Bertz CT molecular complexity index is 526. The van der Waals surface area contributed by atoms with Gasteiger partial charge in [-0.15, -0.1) is 12.4 Å². The predicted octanol–water partition coefficient (Wildman–Crippen LogP) is 3.15. The van der Waals surface area contributed by atoms with E-state index in [1.54, 1.807) is 7.11 Å². The molecule has 2 aromatic rings. The van der Waals surface area contributed by atoms with Crippen molar-refractivity contribution < 1.29 is 4.74 Å². The summed E-state index contributed by atoms with van der Waals surface area (Å²) in [6.45, 7) is 0. The van der Waals surface area contributed by atoms with Crippen LogP contribution in [-0.2, 0) is 0 Å². The molecular formula is C14H15ClN2O. The second-order valence-corrected chi connectivity index (χ2v) is 3.53. The Morgan fingerprint density at radius 1 is 1.00 bits per heavy atom. The molecular weight excluding hydrogens is 248 g/mol. The summed E-state index contributed by atoms with van der Waals surface area (Å²) in [6.07, 6.45) is 0. The molecule has 94 valence electrons. The molecule has 0 aliphatic heterocycles. The van der Waals surface area contributed by atoms with Crippen LogP contribution in [0.2, 0.25) is 0 Å². The third-order valence-corrected chi connectivity index (χ3v) is 2.39. The summed E-state index contributed by atoms with van der Waals surface area (Å²) in [7, 11) is 1.62. The van der Waals surface area contributed by atoms with E-state index >= 15 is 0 Å². The molecule has 0 fully saturated rings. The highest BCUT2D eigenvalue weighted by atomic mass is 35.5. The fourth-order valence-electron chi connectivity index (χ4n) is 1.56. The first kappa shape index (κ1) is 14.1. The number of aliphatic imine (C=N–C) groups is 1. The Morgan fingerprint density at radius 2 is 1.61 bits per heavy atom. The van der Waals surface area contributed by atoms with E-state index in [4.69, 9.17) is 10.5 Å². The maximum absolute atomic E-state index is 5.97. The maximum Gasteiger partial charge on any atom is 0.135 e. The van der Waals surface area contributed by atoms with Crippen molar-refractivity contribution in [3.8, 4) is 5.75 Å². The third-order valence-electron chi connectivity index (χ3n) is 2.39. The van der Waals surface area contributed by atoms with E-state index in [1.165, 1.54) is 0 Å². The third kappa shape index (κ3) is 3.25. The summed E-state index contributed by atoms with van der Waals surface area (Å²) in [5.74, 6) is 1.18. The Kier molecular flexibility index (Phi) is 5.21. The summed E-state index contributed by atoms with van der Waals surface area (Å²) in [5.41, 5.74) is 7.61. The SMILES string of the molecule is COc1ccccc1C(N)=Nc1ccccc1.Cl. The van der Waals surface area contributed by atoms with Crippen molar-refractivity contribution in [1.82, 2.24) is 0 Å². The lowest BCUT2D eigenvalue weighted by Gasteiger charge is -2.07. The van der Waals surface area contributed by atoms with Gasteiger partial charge in [-0.3, -0.25) is 0 Å². The highest BCUT2D eigenvalue weighted by Crippen LogP contribution is 2.19. The van der Waals surface area contributed by atoms with Crippen LogP contribution in [0.3, 0.4) is 0 Å². The molecule has 0 spiro atoms. The minimum absolute atomic E-state index is 0. The van der Waals surface area contributed by atoms with Crippen molar-refractivity contribution in [2.75, 3.05) is 7.11 Å². The fraction of sp³-hybridized carbons (Fsp3) is 0.0714. The normalized spacial score (nSPS) is 10.6. The van der Waals surface area contributed by atoms with Crippen molar-refractivity contribution in [2.45, 2.75) is 0 Å². The minimum Gasteiger partial charge on any atom is -0.496 e. The van der Waals surface area contributed by atoms with Crippen molar-refractivity contribution in [1.29, 1.82) is 0 Å². The Hall–Kier alpha value is -2.00. The van der Waals surface area contributed by atoms with Crippen molar-refractivity contribution in [2.24, 2.45) is 10.7 Å². The van der Waals surface area contributed by atoms with Gasteiger partial charge >= 0.3 is 0 Å². The molecule has 0 aliphatic carbocycles. The molecule has 18 heavy (non-hydrogen) atoms. The lowest BCUT2D eigenvalue weighted by molar-refractivity contribution is 0.414. The number of hydrogen-bond donors (Lipinski definition) is 1. The van der Waals surface area contributed by atoms with Crippen molar-refractivity contribution >= 4 is 23.9 Å². The molecule has 0 bridgehead atoms. The van der Waals surface area contributed by atoms with E-state index in [1.807, 2.05) is 54.6 Å². The highest BCUT2D eigenvalue weighted by Gasteiger charge is 2.05. The van der Waals surface area contributed by atoms with E-state index in [-0.39, 0.29) is 12.4 Å². The molecule has 0 aromatic heterocycles. The number of nitrogens with zero attached hydrogens (tertiary/aromatic N) is 1. The van der Waals surface area contributed by atoms with Crippen LogP contribution in [0.4, 0.5) is 5.69 Å². The molecule has 2 rings (SSSR count). The zero-order valence-corrected chi connectivity index (χ0v) is 10.9. The van der Waals surface area contributed by atoms with E-state index < -0.39 is 0 Å². The first-order chi connectivity index (χ1) is 8.31. The number of nitrogens with two attached hydrogens (primary N) is 1. The summed E-state index contributed by atoms with van der Waals surface area (Å²) in [6, 6.07) is 17.2. The van der Waals surface area contributed by atoms with E-state index in [0.717, 1.165) is 17.0 Å². The van der Waals surface area contributed by atoms with Crippen LogP contribution in [0.15, 0.2) is 59.6 Å². The molecule has 0 aliphatic rings. The smallest absolute Gasteiger partial charge is 0.135 e. The molecule has 0 unspecified atom stereocenters. The summed E-state index contributed by atoms with van der Waals surface area (Å²) in [5, 5.41) is 0. The zero-order valence-electron chi connectivity index (χ0n) is 10.0. The topological polar surface area (TPSA) is 47.6 Å². The number of rotatable bonds is 3. The van der Waals surface area contributed by atoms with Crippen LogP contribution in [0, 0.1) is 0 Å². The van der Waals surface area contributed by atoms with E-state index in [0.29, 0.717) is 5.84 Å². The van der Waals surface area contributed by atoms with Gasteiger partial charge in [-0.2, -0.15) is 0 Å². The molecule has 0 saturated heterocycles. The van der Waals surface area contributed by atoms with Gasteiger partial charge in [0.15, 0.2) is 0 Å². The first-order valence-corrected chi connectivity index (χ1v) is 5.34. The second kappa shape index (κ2) is 6.67. The monoisotopic (exact) mass is 262 g/mol. The van der Waals surface area contributed by atoms with E-state index in [2.05, 4.69) is 4.99 Å². The number of ether oxygens (including phenoxy) is 1. The Labute approximate surface area is 113 Å². The average molecular weight is 263 g/mol. The van der Waals surface area contributed by atoms with Crippen LogP contribution < -0.4 is 10.5 Å². The molecule has 3 nitrogen and oxygen atoms in total. The number of benzene rings is 2. The number of hydrogen-bond acceptors (Lipinski definition) is 2. The first-order valence-electron chi connectivity index (χ1n) is 5.34. The van der Waals surface area contributed by atoms with Gasteiger partial charge in [-0.1, -0.05) is 30.3 Å². The molecule has 0 saturated carbocycles. The minimum atomic E-state index is 0. The predicted molar refractivity (Wildman–Crippen MR) is 77.1 cm³/mol. The van der Waals surface area contributed by atoms with Gasteiger partial charge in [0.1, 0.15) is 11.6 Å². The Morgan fingerprint density at radius 3 is 2.28 bits per heavy atom. The van der Waals surface area contributed by atoms with Crippen LogP contribution in [0.1, 0.15) is 5.56 Å². The maximum atomic E-state index is 5.97. The van der Waals surface area contributed by atoms with Gasteiger partial charge in [0, 0.05) is 0 Å². The molecule has 0 heterocycles. The fourth-order valence-corrected chi connectivity index (χ4v) is 1.56. The van der Waals surface area contributed by atoms with Crippen LogP contribution >= 0.6 is 12.4 Å². The summed E-state index contributed by atoms with van der Waals surface area (Å²) < 4.78 is 5.24. The molecule has 0 amide bonds. The van der Waals surface area contributed by atoms with Gasteiger partial charge in [0.05, 0.1) is 18.4 Å². The quantitative estimate of drug-likeness (QED) is 0.682.